The van der Waals surface area contributed by atoms with Gasteiger partial charge in [-0.05, 0) is 35.0 Å². The van der Waals surface area contributed by atoms with Crippen LogP contribution in [0.15, 0.2) is 47.1 Å². The zero-order valence-electron chi connectivity index (χ0n) is 7.53. The van der Waals surface area contributed by atoms with Gasteiger partial charge in [0.15, 0.2) is 0 Å². The molecule has 3 aromatic rings. The Balaban J connectivity index is 2.60. The minimum Gasteiger partial charge on any atom is -0.464 e. The highest BCUT2D eigenvalue weighted by molar-refractivity contribution is 6.06. The number of nitrogen functional groups attached to an aromatic ring is 1. The number of furan rings is 1. The van der Waals surface area contributed by atoms with E-state index in [4.69, 9.17) is 10.2 Å². The van der Waals surface area contributed by atoms with Gasteiger partial charge in [0, 0.05) is 11.1 Å². The predicted octanol–water partition coefficient (Wildman–Crippen LogP) is 3.17. The lowest BCUT2D eigenvalue weighted by atomic mass is 10.1. The van der Waals surface area contributed by atoms with E-state index in [9.17, 15) is 0 Å². The van der Waals surface area contributed by atoms with Crippen LogP contribution in [0, 0.1) is 0 Å². The van der Waals surface area contributed by atoms with Crippen molar-refractivity contribution in [1.82, 2.24) is 0 Å². The third-order valence-corrected chi connectivity index (χ3v) is 2.48. The van der Waals surface area contributed by atoms with Crippen molar-refractivity contribution in [3.05, 3.63) is 42.7 Å². The molecule has 0 aliphatic carbocycles. The predicted molar refractivity (Wildman–Crippen MR) is 58.1 cm³/mol. The van der Waals surface area contributed by atoms with E-state index in [2.05, 4.69) is 0 Å². The molecule has 2 aromatic carbocycles. The van der Waals surface area contributed by atoms with Crippen LogP contribution in [0.2, 0.25) is 0 Å². The summed E-state index contributed by atoms with van der Waals surface area (Å²) in [5.74, 6) is 0. The van der Waals surface area contributed by atoms with Gasteiger partial charge in [-0.25, -0.2) is 0 Å². The number of benzene rings is 2. The molecule has 0 radical (unpaired) electrons. The average Bonchev–Trinajstić information content (AvgIpc) is 2.65. The van der Waals surface area contributed by atoms with Gasteiger partial charge in [-0.3, -0.25) is 0 Å². The molecule has 0 spiro atoms. The molecule has 0 aliphatic heterocycles. The molecule has 0 bridgehead atoms. The monoisotopic (exact) mass is 183 g/mol. The van der Waals surface area contributed by atoms with Gasteiger partial charge in [-0.1, -0.05) is 12.1 Å². The van der Waals surface area contributed by atoms with Crippen LogP contribution in [-0.4, -0.2) is 0 Å². The number of rotatable bonds is 0. The summed E-state index contributed by atoms with van der Waals surface area (Å²) in [6.07, 6.45) is 1.70. The van der Waals surface area contributed by atoms with Crippen molar-refractivity contribution in [3.63, 3.8) is 0 Å². The summed E-state index contributed by atoms with van der Waals surface area (Å²) in [4.78, 5) is 0. The summed E-state index contributed by atoms with van der Waals surface area (Å²) in [6.45, 7) is 0. The highest BCUT2D eigenvalue weighted by Gasteiger charge is 2.02. The van der Waals surface area contributed by atoms with Crippen LogP contribution in [0.5, 0.6) is 0 Å². The van der Waals surface area contributed by atoms with E-state index in [0.29, 0.717) is 0 Å². The second-order valence-corrected chi connectivity index (χ2v) is 3.38. The lowest BCUT2D eigenvalue weighted by Crippen LogP contribution is -1.83. The van der Waals surface area contributed by atoms with Crippen molar-refractivity contribution in [3.8, 4) is 0 Å². The summed E-state index contributed by atoms with van der Waals surface area (Å²) in [5.41, 5.74) is 7.44. The van der Waals surface area contributed by atoms with Crippen LogP contribution < -0.4 is 5.73 Å². The highest BCUT2D eigenvalue weighted by atomic mass is 16.3. The van der Waals surface area contributed by atoms with Crippen LogP contribution in [0.4, 0.5) is 5.69 Å². The Hall–Kier alpha value is -1.96. The zero-order valence-corrected chi connectivity index (χ0v) is 7.53. The van der Waals surface area contributed by atoms with Crippen LogP contribution in [0.3, 0.4) is 0 Å². The van der Waals surface area contributed by atoms with Crippen molar-refractivity contribution in [2.75, 3.05) is 5.73 Å². The first-order valence-corrected chi connectivity index (χ1v) is 4.50. The minimum atomic E-state index is 0.784. The van der Waals surface area contributed by atoms with E-state index < -0.39 is 0 Å². The molecular formula is C12H9NO. The van der Waals surface area contributed by atoms with Crippen molar-refractivity contribution in [1.29, 1.82) is 0 Å². The summed E-state index contributed by atoms with van der Waals surface area (Å²) in [7, 11) is 0. The van der Waals surface area contributed by atoms with Gasteiger partial charge in [0.05, 0.1) is 6.26 Å². The molecule has 2 nitrogen and oxygen atoms in total. The Bertz CT molecular complexity index is 610. The maximum Gasteiger partial charge on any atom is 0.134 e. The van der Waals surface area contributed by atoms with Gasteiger partial charge in [-0.15, -0.1) is 0 Å². The molecule has 2 heteroatoms. The third kappa shape index (κ3) is 0.909. The minimum absolute atomic E-state index is 0.784. The van der Waals surface area contributed by atoms with E-state index >= 15 is 0 Å². The van der Waals surface area contributed by atoms with E-state index in [1.54, 1.807) is 6.26 Å². The van der Waals surface area contributed by atoms with Gasteiger partial charge in [-0.2, -0.15) is 0 Å². The first-order valence-electron chi connectivity index (χ1n) is 4.50. The van der Waals surface area contributed by atoms with Crippen molar-refractivity contribution < 1.29 is 4.42 Å². The number of hydrogen-bond donors (Lipinski definition) is 1. The third-order valence-electron chi connectivity index (χ3n) is 2.48. The molecule has 0 fully saturated rings. The largest absolute Gasteiger partial charge is 0.464 e. The molecule has 0 unspecified atom stereocenters. The SMILES string of the molecule is Nc1ccc2ccc3occc3c2c1. The number of nitrogens with two attached hydrogens (primary N) is 1. The highest BCUT2D eigenvalue weighted by Crippen LogP contribution is 2.27. The lowest BCUT2D eigenvalue weighted by molar-refractivity contribution is 0.616. The fourth-order valence-electron chi connectivity index (χ4n) is 1.79. The molecule has 1 aromatic heterocycles. The molecule has 14 heavy (non-hydrogen) atoms. The van der Waals surface area contributed by atoms with Gasteiger partial charge < -0.3 is 10.2 Å². The first-order chi connectivity index (χ1) is 6.84. The van der Waals surface area contributed by atoms with Crippen molar-refractivity contribution in [2.45, 2.75) is 0 Å². The summed E-state index contributed by atoms with van der Waals surface area (Å²) < 4.78 is 5.33. The summed E-state index contributed by atoms with van der Waals surface area (Å²) >= 11 is 0. The molecule has 3 rings (SSSR count). The number of hydrogen-bond acceptors (Lipinski definition) is 2. The molecule has 1 heterocycles. The Morgan fingerprint density at radius 2 is 1.79 bits per heavy atom. The first kappa shape index (κ1) is 7.44. The van der Waals surface area contributed by atoms with Crippen molar-refractivity contribution in [2.24, 2.45) is 0 Å². The Labute approximate surface area is 80.9 Å². The van der Waals surface area contributed by atoms with Gasteiger partial charge >= 0.3 is 0 Å². The van der Waals surface area contributed by atoms with E-state index in [0.717, 1.165) is 22.0 Å². The molecule has 0 atom stereocenters. The van der Waals surface area contributed by atoms with E-state index in [1.165, 1.54) is 5.39 Å². The van der Waals surface area contributed by atoms with Gasteiger partial charge in [0.25, 0.3) is 0 Å². The quantitative estimate of drug-likeness (QED) is 0.544. The second kappa shape index (κ2) is 2.51. The van der Waals surface area contributed by atoms with Crippen LogP contribution in [0.25, 0.3) is 21.7 Å². The van der Waals surface area contributed by atoms with Crippen molar-refractivity contribution >= 4 is 27.4 Å². The Kier molecular flexibility index (Phi) is 1.34. The second-order valence-electron chi connectivity index (χ2n) is 3.38. The summed E-state index contributed by atoms with van der Waals surface area (Å²) in [6, 6.07) is 11.9. The zero-order chi connectivity index (χ0) is 9.54. The molecule has 0 amide bonds. The summed E-state index contributed by atoms with van der Waals surface area (Å²) in [5, 5.41) is 3.46. The normalized spacial score (nSPS) is 11.1. The molecule has 68 valence electrons. The topological polar surface area (TPSA) is 39.2 Å². The maximum atomic E-state index is 5.75. The van der Waals surface area contributed by atoms with E-state index in [-0.39, 0.29) is 0 Å². The Morgan fingerprint density at radius 1 is 0.929 bits per heavy atom. The van der Waals surface area contributed by atoms with Gasteiger partial charge in [0.1, 0.15) is 5.58 Å². The van der Waals surface area contributed by atoms with Gasteiger partial charge in [0.2, 0.25) is 0 Å². The molecule has 0 aliphatic rings. The fraction of sp³-hybridized carbons (Fsp3) is 0. The van der Waals surface area contributed by atoms with E-state index in [1.807, 2.05) is 36.4 Å². The number of fused-ring (bicyclic) bond motifs is 3. The average molecular weight is 183 g/mol. The lowest BCUT2D eigenvalue weighted by Gasteiger charge is -1.99. The number of anilines is 1. The fourth-order valence-corrected chi connectivity index (χ4v) is 1.79. The Morgan fingerprint density at radius 3 is 2.71 bits per heavy atom. The smallest absolute Gasteiger partial charge is 0.134 e. The van der Waals surface area contributed by atoms with Crippen LogP contribution in [-0.2, 0) is 0 Å². The van der Waals surface area contributed by atoms with Crippen LogP contribution >= 0.6 is 0 Å². The molecule has 0 saturated heterocycles. The maximum absolute atomic E-state index is 5.75. The van der Waals surface area contributed by atoms with Crippen LogP contribution in [0.1, 0.15) is 0 Å². The molecule has 2 N–H and O–H groups in total. The molecule has 0 saturated carbocycles. The standard InChI is InChI=1S/C12H9NO/c13-9-3-1-8-2-4-12-10(5-6-14-12)11(8)7-9/h1-7H,13H2. The molecular weight excluding hydrogens is 174 g/mol.